The zero-order valence-corrected chi connectivity index (χ0v) is 62.0. The quantitative estimate of drug-likeness (QED) is 0.0222. The van der Waals surface area contributed by atoms with Crippen molar-refractivity contribution in [2.75, 3.05) is 39.6 Å². The van der Waals surface area contributed by atoms with Crippen LogP contribution in [0.25, 0.3) is 0 Å². The first-order valence-electron chi connectivity index (χ1n) is 38.8. The van der Waals surface area contributed by atoms with E-state index in [0.29, 0.717) is 25.7 Å². The Hall–Kier alpha value is -1.94. The van der Waals surface area contributed by atoms with Crippen LogP contribution in [-0.2, 0) is 65.4 Å². The van der Waals surface area contributed by atoms with Crippen LogP contribution in [0.1, 0.15) is 394 Å². The fraction of sp³-hybridized carbons (Fsp3) is 0.946. The van der Waals surface area contributed by atoms with Crippen LogP contribution in [0.15, 0.2) is 0 Å². The Kier molecular flexibility index (Phi) is 67.1. The van der Waals surface area contributed by atoms with Gasteiger partial charge in [0.1, 0.15) is 19.3 Å². The van der Waals surface area contributed by atoms with Crippen LogP contribution in [0.4, 0.5) is 0 Å². The molecule has 0 aromatic heterocycles. The van der Waals surface area contributed by atoms with Gasteiger partial charge in [0.2, 0.25) is 0 Å². The molecular formula is C74H144O17P2. The lowest BCUT2D eigenvalue weighted by molar-refractivity contribution is -0.161. The van der Waals surface area contributed by atoms with Crippen LogP contribution in [0.2, 0.25) is 0 Å². The Bertz CT molecular complexity index is 1770. The van der Waals surface area contributed by atoms with Gasteiger partial charge in [-0.15, -0.1) is 0 Å². The van der Waals surface area contributed by atoms with E-state index in [2.05, 4.69) is 27.7 Å². The molecule has 0 aliphatic heterocycles. The number of phosphoric ester groups is 2. The summed E-state index contributed by atoms with van der Waals surface area (Å²) in [5, 5.41) is 10.6. The molecule has 0 radical (unpaired) electrons. The summed E-state index contributed by atoms with van der Waals surface area (Å²) in [5.74, 6) is -2.11. The summed E-state index contributed by atoms with van der Waals surface area (Å²) >= 11 is 0. The number of aliphatic hydroxyl groups excluding tert-OH is 1. The van der Waals surface area contributed by atoms with Gasteiger partial charge in [-0.1, -0.05) is 342 Å². The molecule has 0 heterocycles. The topological polar surface area (TPSA) is 237 Å². The molecule has 0 amide bonds. The molecule has 5 atom stereocenters. The molecule has 0 aromatic carbocycles. The largest absolute Gasteiger partial charge is 0.472 e. The van der Waals surface area contributed by atoms with E-state index in [1.54, 1.807) is 0 Å². The minimum atomic E-state index is -4.95. The standard InChI is InChI=1S/C74H144O17P2/c1-5-9-13-17-21-25-29-31-33-34-36-38-41-45-49-53-57-61-74(79)91-70(65-85-72(77)59-55-51-47-43-40-37-35-32-30-26-22-18-14-10-6-2)67-89-93(82,83)87-63-68(75)62-86-92(80,81)88-66-69(64-84-71(76)58-54-50-46-42-28-24-20-16-12-8-4)90-73(78)60-56-52-48-44-39-27-23-19-15-11-7-3/h68-70,75H,5-67H2,1-4H3,(H,80,81)(H,82,83)/t68-,69+,70+/m0/s1. The lowest BCUT2D eigenvalue weighted by Gasteiger charge is -2.21. The predicted molar refractivity (Wildman–Crippen MR) is 377 cm³/mol. The molecule has 17 nitrogen and oxygen atoms in total. The third kappa shape index (κ3) is 68.4. The van der Waals surface area contributed by atoms with Crippen molar-refractivity contribution in [1.82, 2.24) is 0 Å². The van der Waals surface area contributed by atoms with Crippen molar-refractivity contribution in [2.24, 2.45) is 0 Å². The van der Waals surface area contributed by atoms with E-state index >= 15 is 0 Å². The monoisotopic (exact) mass is 1370 g/mol. The van der Waals surface area contributed by atoms with Gasteiger partial charge < -0.3 is 33.8 Å². The van der Waals surface area contributed by atoms with Crippen LogP contribution in [0.5, 0.6) is 0 Å². The number of ether oxygens (including phenoxy) is 4. The average Bonchev–Trinajstić information content (AvgIpc) is 2.54. The first-order valence-corrected chi connectivity index (χ1v) is 41.8. The minimum absolute atomic E-state index is 0.108. The lowest BCUT2D eigenvalue weighted by atomic mass is 10.0. The molecular weight excluding hydrogens is 1220 g/mol. The second-order valence-corrected chi connectivity index (χ2v) is 29.6. The summed E-state index contributed by atoms with van der Waals surface area (Å²) in [5.41, 5.74) is 0. The van der Waals surface area contributed by atoms with Crippen molar-refractivity contribution in [1.29, 1.82) is 0 Å². The number of esters is 4. The highest BCUT2D eigenvalue weighted by molar-refractivity contribution is 7.47. The first-order chi connectivity index (χ1) is 45.2. The Balaban J connectivity index is 5.23. The van der Waals surface area contributed by atoms with Gasteiger partial charge in [0.25, 0.3) is 0 Å². The van der Waals surface area contributed by atoms with E-state index in [1.807, 2.05) is 0 Å². The number of phosphoric acid groups is 2. The van der Waals surface area contributed by atoms with Crippen LogP contribution in [-0.4, -0.2) is 96.7 Å². The smallest absolute Gasteiger partial charge is 0.462 e. The van der Waals surface area contributed by atoms with Gasteiger partial charge in [-0.2, -0.15) is 0 Å². The highest BCUT2D eigenvalue weighted by Gasteiger charge is 2.30. The number of unbranched alkanes of at least 4 members (excludes halogenated alkanes) is 49. The Labute approximate surface area is 568 Å². The van der Waals surface area contributed by atoms with Gasteiger partial charge in [-0.05, 0) is 25.7 Å². The second kappa shape index (κ2) is 68.6. The molecule has 2 unspecified atom stereocenters. The third-order valence-corrected chi connectivity index (χ3v) is 19.3. The van der Waals surface area contributed by atoms with Crippen molar-refractivity contribution >= 4 is 39.5 Å². The molecule has 0 aliphatic carbocycles. The van der Waals surface area contributed by atoms with Crippen molar-refractivity contribution in [2.45, 2.75) is 412 Å². The molecule has 0 fully saturated rings. The molecule has 3 N–H and O–H groups in total. The summed E-state index contributed by atoms with van der Waals surface area (Å²) in [6.45, 7) is 4.97. The molecule has 0 aliphatic rings. The Morgan fingerprint density at radius 2 is 0.430 bits per heavy atom. The molecule has 0 aromatic rings. The third-order valence-electron chi connectivity index (χ3n) is 17.4. The molecule has 19 heteroatoms. The Morgan fingerprint density at radius 1 is 0.258 bits per heavy atom. The van der Waals surface area contributed by atoms with E-state index in [9.17, 15) is 43.2 Å². The zero-order valence-electron chi connectivity index (χ0n) is 60.2. The van der Waals surface area contributed by atoms with Crippen molar-refractivity contribution in [3.05, 3.63) is 0 Å². The van der Waals surface area contributed by atoms with Gasteiger partial charge in [0, 0.05) is 25.7 Å². The van der Waals surface area contributed by atoms with Gasteiger partial charge in [-0.3, -0.25) is 37.3 Å². The van der Waals surface area contributed by atoms with Crippen molar-refractivity contribution in [3.8, 4) is 0 Å². The molecule has 0 saturated carbocycles. The average molecular weight is 1370 g/mol. The zero-order chi connectivity index (χ0) is 68.2. The van der Waals surface area contributed by atoms with Crippen LogP contribution in [0, 0.1) is 0 Å². The minimum Gasteiger partial charge on any atom is -0.462 e. The van der Waals surface area contributed by atoms with E-state index in [4.69, 9.17) is 37.0 Å². The molecule has 93 heavy (non-hydrogen) atoms. The summed E-state index contributed by atoms with van der Waals surface area (Å²) < 4.78 is 68.4. The number of carbonyl (C=O) groups is 4. The first kappa shape index (κ1) is 91.1. The van der Waals surface area contributed by atoms with Crippen molar-refractivity contribution < 1.29 is 80.2 Å². The van der Waals surface area contributed by atoms with E-state index in [1.165, 1.54) is 225 Å². The molecule has 0 spiro atoms. The SMILES string of the molecule is CCCCCCCCCCCCCCCCCCCC(=O)O[C@H](COC(=O)CCCCCCCCCCCCCCCCC)COP(=O)(O)OC[C@@H](O)COP(=O)(O)OC[C@@H](COC(=O)CCCCCCCCCCCC)OC(=O)CCCCCCCCCCCCC. The fourth-order valence-corrected chi connectivity index (χ4v) is 13.0. The van der Waals surface area contributed by atoms with Gasteiger partial charge in [0.15, 0.2) is 12.2 Å². The molecule has 552 valence electrons. The number of aliphatic hydroxyl groups is 1. The summed E-state index contributed by atoms with van der Waals surface area (Å²) in [7, 11) is -9.90. The summed E-state index contributed by atoms with van der Waals surface area (Å²) in [6, 6.07) is 0. The van der Waals surface area contributed by atoms with E-state index in [0.717, 1.165) is 89.9 Å². The van der Waals surface area contributed by atoms with E-state index < -0.39 is 97.5 Å². The maximum atomic E-state index is 13.1. The Morgan fingerprint density at radius 3 is 0.634 bits per heavy atom. The van der Waals surface area contributed by atoms with Crippen LogP contribution >= 0.6 is 15.6 Å². The normalized spacial score (nSPS) is 13.9. The van der Waals surface area contributed by atoms with Crippen molar-refractivity contribution in [3.63, 3.8) is 0 Å². The summed E-state index contributed by atoms with van der Waals surface area (Å²) in [4.78, 5) is 72.7. The van der Waals surface area contributed by atoms with E-state index in [-0.39, 0.29) is 25.7 Å². The maximum Gasteiger partial charge on any atom is 0.472 e. The number of hydrogen-bond acceptors (Lipinski definition) is 15. The highest BCUT2D eigenvalue weighted by Crippen LogP contribution is 2.45. The molecule has 0 rings (SSSR count). The number of rotatable bonds is 75. The van der Waals surface area contributed by atoms with Gasteiger partial charge in [0.05, 0.1) is 26.4 Å². The molecule has 0 bridgehead atoms. The highest BCUT2D eigenvalue weighted by atomic mass is 31.2. The number of hydrogen-bond donors (Lipinski definition) is 3. The van der Waals surface area contributed by atoms with Crippen LogP contribution < -0.4 is 0 Å². The summed E-state index contributed by atoms with van der Waals surface area (Å²) in [6.07, 6.45) is 58.1. The van der Waals surface area contributed by atoms with Crippen LogP contribution in [0.3, 0.4) is 0 Å². The van der Waals surface area contributed by atoms with Gasteiger partial charge in [-0.25, -0.2) is 9.13 Å². The second-order valence-electron chi connectivity index (χ2n) is 26.7. The predicted octanol–water partition coefficient (Wildman–Crippen LogP) is 21.8. The fourth-order valence-electron chi connectivity index (χ4n) is 11.4. The maximum absolute atomic E-state index is 13.1. The molecule has 0 saturated heterocycles. The van der Waals surface area contributed by atoms with Gasteiger partial charge >= 0.3 is 39.5 Å². The lowest BCUT2D eigenvalue weighted by Crippen LogP contribution is -2.30. The number of carbonyl (C=O) groups excluding carboxylic acids is 4.